The Morgan fingerprint density at radius 3 is 2.54 bits per heavy atom. The van der Waals surface area contributed by atoms with Crippen LogP contribution in [0.2, 0.25) is 0 Å². The summed E-state index contributed by atoms with van der Waals surface area (Å²) in [6, 6.07) is 4.20. The Labute approximate surface area is 159 Å². The van der Waals surface area contributed by atoms with E-state index in [2.05, 4.69) is 25.0 Å². The molecule has 0 radical (unpaired) electrons. The second-order valence-corrected chi connectivity index (χ2v) is 6.25. The van der Waals surface area contributed by atoms with Gasteiger partial charge in [0, 0.05) is 30.9 Å². The van der Waals surface area contributed by atoms with E-state index in [1.807, 2.05) is 0 Å². The monoisotopic (exact) mass is 396 g/mol. The van der Waals surface area contributed by atoms with Crippen LogP contribution in [0.3, 0.4) is 0 Å². The molecule has 2 rings (SSSR count). The van der Waals surface area contributed by atoms with Crippen LogP contribution in [-0.2, 0) is 17.8 Å². The number of hydrogen-bond acceptors (Lipinski definition) is 6. The molecule has 28 heavy (non-hydrogen) atoms. The molecule has 7 nitrogen and oxygen atoms in total. The van der Waals surface area contributed by atoms with Gasteiger partial charge in [-0.3, -0.25) is 9.59 Å². The lowest BCUT2D eigenvalue weighted by molar-refractivity contribution is -0.154. The van der Waals surface area contributed by atoms with E-state index < -0.39 is 18.7 Å². The largest absolute Gasteiger partial charge is 0.468 e. The first-order valence-corrected chi connectivity index (χ1v) is 8.41. The average Bonchev–Trinajstić information content (AvgIpc) is 2.64. The van der Waals surface area contributed by atoms with Gasteiger partial charge in [-0.25, -0.2) is 15.0 Å². The number of hydrogen-bond donors (Lipinski definition) is 1. The fourth-order valence-electron chi connectivity index (χ4n) is 2.00. The van der Waals surface area contributed by atoms with Gasteiger partial charge in [0.2, 0.25) is 5.88 Å². The Morgan fingerprint density at radius 2 is 1.93 bits per heavy atom. The SMILES string of the molecule is CC(C)C(=O)Cc1nccc(C(=O)NCc2ccc(OCC(F)(F)F)nc2)n1. The minimum Gasteiger partial charge on any atom is -0.468 e. The summed E-state index contributed by atoms with van der Waals surface area (Å²) in [5.74, 6) is -0.562. The first kappa shape index (κ1) is 21.3. The molecule has 0 atom stereocenters. The summed E-state index contributed by atoms with van der Waals surface area (Å²) in [6.45, 7) is 2.21. The molecule has 1 N–H and O–H groups in total. The summed E-state index contributed by atoms with van der Waals surface area (Å²) in [4.78, 5) is 35.8. The lowest BCUT2D eigenvalue weighted by atomic mass is 10.1. The number of aromatic nitrogens is 3. The van der Waals surface area contributed by atoms with Crippen LogP contribution in [0.5, 0.6) is 5.88 Å². The van der Waals surface area contributed by atoms with Crippen molar-refractivity contribution in [2.75, 3.05) is 6.61 Å². The smallest absolute Gasteiger partial charge is 0.422 e. The number of ketones is 1. The molecule has 2 heterocycles. The molecule has 2 aromatic rings. The molecule has 0 unspecified atom stereocenters. The highest BCUT2D eigenvalue weighted by atomic mass is 19.4. The molecular weight excluding hydrogens is 377 g/mol. The lowest BCUT2D eigenvalue weighted by Crippen LogP contribution is -2.25. The van der Waals surface area contributed by atoms with Gasteiger partial charge in [-0.1, -0.05) is 19.9 Å². The lowest BCUT2D eigenvalue weighted by Gasteiger charge is -2.09. The number of carbonyl (C=O) groups is 2. The maximum absolute atomic E-state index is 12.2. The van der Waals surface area contributed by atoms with Gasteiger partial charge >= 0.3 is 6.18 Å². The van der Waals surface area contributed by atoms with Gasteiger partial charge in [0.1, 0.15) is 17.3 Å². The highest BCUT2D eigenvalue weighted by molar-refractivity contribution is 5.92. The summed E-state index contributed by atoms with van der Waals surface area (Å²) in [7, 11) is 0. The molecule has 0 bridgehead atoms. The van der Waals surface area contributed by atoms with E-state index in [0.717, 1.165) is 0 Å². The molecule has 150 valence electrons. The van der Waals surface area contributed by atoms with Crippen molar-refractivity contribution >= 4 is 11.7 Å². The zero-order chi connectivity index (χ0) is 20.7. The van der Waals surface area contributed by atoms with Crippen LogP contribution in [-0.4, -0.2) is 39.4 Å². The summed E-state index contributed by atoms with van der Waals surface area (Å²) in [6.07, 6.45) is -1.69. The zero-order valence-electron chi connectivity index (χ0n) is 15.3. The molecule has 0 aromatic carbocycles. The number of Topliss-reactive ketones (excluding diaryl/α,β-unsaturated/α-hetero) is 1. The Balaban J connectivity index is 1.90. The van der Waals surface area contributed by atoms with Crippen LogP contribution in [0.25, 0.3) is 0 Å². The van der Waals surface area contributed by atoms with Crippen molar-refractivity contribution in [1.29, 1.82) is 0 Å². The van der Waals surface area contributed by atoms with Crippen LogP contribution in [0.1, 0.15) is 35.7 Å². The predicted molar refractivity (Wildman–Crippen MR) is 92.5 cm³/mol. The molecule has 0 saturated heterocycles. The molecule has 2 aromatic heterocycles. The molecular formula is C18H19F3N4O3. The van der Waals surface area contributed by atoms with Crippen molar-refractivity contribution in [2.45, 2.75) is 33.0 Å². The summed E-state index contributed by atoms with van der Waals surface area (Å²) < 4.78 is 40.8. The average molecular weight is 396 g/mol. The van der Waals surface area contributed by atoms with E-state index >= 15 is 0 Å². The van der Waals surface area contributed by atoms with Crippen molar-refractivity contribution < 1.29 is 27.5 Å². The number of nitrogens with zero attached hydrogens (tertiary/aromatic N) is 3. The fraction of sp³-hybridized carbons (Fsp3) is 0.389. The zero-order valence-corrected chi connectivity index (χ0v) is 15.3. The highest BCUT2D eigenvalue weighted by Gasteiger charge is 2.28. The third kappa shape index (κ3) is 6.93. The Kier molecular flexibility index (Phi) is 7.02. The van der Waals surface area contributed by atoms with Gasteiger partial charge in [-0.2, -0.15) is 13.2 Å². The maximum Gasteiger partial charge on any atom is 0.422 e. The molecule has 0 saturated carbocycles. The topological polar surface area (TPSA) is 94.1 Å². The number of nitrogens with one attached hydrogen (secondary N) is 1. The van der Waals surface area contributed by atoms with Gasteiger partial charge in [-0.15, -0.1) is 0 Å². The molecule has 0 fully saturated rings. The fourth-order valence-corrected chi connectivity index (χ4v) is 2.00. The molecule has 0 aliphatic rings. The standard InChI is InChI=1S/C18H19F3N4O3/c1-11(2)14(26)7-15-22-6-5-13(25-15)17(27)24-9-12-3-4-16(23-8-12)28-10-18(19,20)21/h3-6,8,11H,7,9-10H2,1-2H3,(H,24,27). The van der Waals surface area contributed by atoms with E-state index in [0.29, 0.717) is 5.56 Å². The van der Waals surface area contributed by atoms with Crippen LogP contribution in [0.15, 0.2) is 30.6 Å². The van der Waals surface area contributed by atoms with Gasteiger partial charge in [0.25, 0.3) is 5.91 Å². The third-order valence-electron chi connectivity index (χ3n) is 3.55. The van der Waals surface area contributed by atoms with Crippen molar-refractivity contribution in [2.24, 2.45) is 5.92 Å². The van der Waals surface area contributed by atoms with Crippen molar-refractivity contribution in [1.82, 2.24) is 20.3 Å². The number of ether oxygens (including phenoxy) is 1. The molecule has 1 amide bonds. The first-order valence-electron chi connectivity index (χ1n) is 8.41. The van der Waals surface area contributed by atoms with Crippen molar-refractivity contribution in [3.05, 3.63) is 47.7 Å². The molecule has 0 aliphatic heterocycles. The van der Waals surface area contributed by atoms with E-state index in [-0.39, 0.29) is 42.1 Å². The summed E-state index contributed by atoms with van der Waals surface area (Å²) >= 11 is 0. The van der Waals surface area contributed by atoms with Gasteiger partial charge in [0.15, 0.2) is 6.61 Å². The van der Waals surface area contributed by atoms with E-state index in [9.17, 15) is 22.8 Å². The van der Waals surface area contributed by atoms with Crippen LogP contribution in [0, 0.1) is 5.92 Å². The number of pyridine rings is 1. The quantitative estimate of drug-likeness (QED) is 0.737. The number of amides is 1. The summed E-state index contributed by atoms with van der Waals surface area (Å²) in [5.41, 5.74) is 0.677. The normalized spacial score (nSPS) is 11.4. The Hall–Kier alpha value is -3.04. The van der Waals surface area contributed by atoms with Crippen molar-refractivity contribution in [3.8, 4) is 5.88 Å². The second kappa shape index (κ2) is 9.25. The first-order chi connectivity index (χ1) is 13.1. The van der Waals surface area contributed by atoms with Gasteiger partial charge < -0.3 is 10.1 Å². The van der Waals surface area contributed by atoms with E-state index in [1.165, 1.54) is 30.6 Å². The minimum atomic E-state index is -4.44. The van der Waals surface area contributed by atoms with E-state index in [1.54, 1.807) is 13.8 Å². The molecule has 0 aliphatic carbocycles. The van der Waals surface area contributed by atoms with Gasteiger partial charge in [-0.05, 0) is 11.6 Å². The molecule has 0 spiro atoms. The van der Waals surface area contributed by atoms with Crippen LogP contribution < -0.4 is 10.1 Å². The van der Waals surface area contributed by atoms with E-state index in [4.69, 9.17) is 0 Å². The van der Waals surface area contributed by atoms with Crippen LogP contribution >= 0.6 is 0 Å². The highest BCUT2D eigenvalue weighted by Crippen LogP contribution is 2.17. The third-order valence-corrected chi connectivity index (χ3v) is 3.55. The molecule has 10 heteroatoms. The minimum absolute atomic E-state index is 0.0311. The van der Waals surface area contributed by atoms with Crippen molar-refractivity contribution in [3.63, 3.8) is 0 Å². The van der Waals surface area contributed by atoms with Gasteiger partial charge in [0.05, 0.1) is 6.42 Å². The number of alkyl halides is 3. The number of halogens is 3. The Morgan fingerprint density at radius 1 is 1.18 bits per heavy atom. The van der Waals surface area contributed by atoms with Crippen LogP contribution in [0.4, 0.5) is 13.2 Å². The maximum atomic E-state index is 12.2. The number of rotatable bonds is 8. The number of carbonyl (C=O) groups excluding carboxylic acids is 2. The second-order valence-electron chi connectivity index (χ2n) is 6.25. The predicted octanol–water partition coefficient (Wildman–Crippen LogP) is 2.51. The summed E-state index contributed by atoms with van der Waals surface area (Å²) in [5, 5.41) is 2.62. The Bertz CT molecular complexity index is 824.